The first-order chi connectivity index (χ1) is 16.3. The van der Waals surface area contributed by atoms with Crippen molar-refractivity contribution in [1.29, 1.82) is 0 Å². The number of anilines is 1. The van der Waals surface area contributed by atoms with E-state index in [2.05, 4.69) is 20.2 Å². The molecule has 9 nitrogen and oxygen atoms in total. The minimum Gasteiger partial charge on any atom is -0.462 e. The molecule has 0 atom stereocenters. The SMILES string of the molecule is CCOC(=O)c1c(C)nn(-c2cc(N)nc3c(CC)c(-c4ccc(F)cc4)[nH]n3ccn2)c1C. The lowest BCUT2D eigenvalue weighted by atomic mass is 10.1. The van der Waals surface area contributed by atoms with Crippen molar-refractivity contribution in [2.24, 2.45) is 0 Å². The second-order valence-electron chi connectivity index (χ2n) is 7.66. The van der Waals surface area contributed by atoms with Gasteiger partial charge in [0.1, 0.15) is 17.2 Å². The van der Waals surface area contributed by atoms with E-state index in [1.807, 2.05) is 6.92 Å². The first kappa shape index (κ1) is 23.0. The number of nitrogens with one attached hydrogen (secondary N) is 1. The number of hydrogen-bond donors (Lipinski definition) is 2. The lowest BCUT2D eigenvalue weighted by Gasteiger charge is -2.04. The third-order valence-corrected chi connectivity index (χ3v) is 5.44. The minimum atomic E-state index is -0.434. The molecule has 3 heterocycles. The molecule has 0 amide bonds. The third kappa shape index (κ3) is 4.21. The zero-order valence-electron chi connectivity index (χ0n) is 19.5. The fourth-order valence-corrected chi connectivity index (χ4v) is 3.90. The van der Waals surface area contributed by atoms with Gasteiger partial charge in [0.05, 0.1) is 23.7 Å². The molecule has 1 aromatic carbocycles. The Hall–Kier alpha value is -4.21. The Kier molecular flexibility index (Phi) is 6.31. The Morgan fingerprint density at radius 1 is 1.21 bits per heavy atom. The van der Waals surface area contributed by atoms with E-state index in [0.717, 1.165) is 16.8 Å². The van der Waals surface area contributed by atoms with Crippen molar-refractivity contribution in [1.82, 2.24) is 29.4 Å². The van der Waals surface area contributed by atoms with Crippen molar-refractivity contribution in [3.05, 3.63) is 71.1 Å². The van der Waals surface area contributed by atoms with Gasteiger partial charge in [-0.05, 0) is 51.5 Å². The molecule has 34 heavy (non-hydrogen) atoms. The first-order valence-electron chi connectivity index (χ1n) is 10.9. The van der Waals surface area contributed by atoms with Gasteiger partial charge in [0, 0.05) is 29.6 Å². The van der Waals surface area contributed by atoms with Crippen LogP contribution in [0.15, 0.2) is 42.7 Å². The normalized spacial score (nSPS) is 11.0. The van der Waals surface area contributed by atoms with Gasteiger partial charge in [0.25, 0.3) is 0 Å². The summed E-state index contributed by atoms with van der Waals surface area (Å²) in [6, 6.07) is 7.85. The fraction of sp³-hybridized carbons (Fsp3) is 0.250. The predicted octanol–water partition coefficient (Wildman–Crippen LogP) is 4.11. The van der Waals surface area contributed by atoms with Gasteiger partial charge < -0.3 is 10.5 Å². The number of nitrogens with two attached hydrogens (primary N) is 1. The van der Waals surface area contributed by atoms with Crippen LogP contribution >= 0.6 is 0 Å². The second kappa shape index (κ2) is 9.34. The number of benzene rings is 1. The molecule has 0 fully saturated rings. The molecule has 0 aliphatic heterocycles. The summed E-state index contributed by atoms with van der Waals surface area (Å²) in [6.45, 7) is 7.55. The van der Waals surface area contributed by atoms with Crippen LogP contribution in [-0.2, 0) is 11.2 Å². The minimum absolute atomic E-state index is 0.209. The lowest BCUT2D eigenvalue weighted by Crippen LogP contribution is -2.08. The summed E-state index contributed by atoms with van der Waals surface area (Å²) in [4.78, 5) is 21.5. The first-order valence-corrected chi connectivity index (χ1v) is 10.9. The number of carbonyl (C=O) groups excluding carboxylic acids is 1. The maximum absolute atomic E-state index is 13.4. The van der Waals surface area contributed by atoms with E-state index < -0.39 is 5.97 Å². The molecule has 4 aromatic rings. The van der Waals surface area contributed by atoms with E-state index in [4.69, 9.17) is 10.5 Å². The van der Waals surface area contributed by atoms with Crippen LogP contribution in [0.3, 0.4) is 0 Å². The van der Waals surface area contributed by atoms with Crippen molar-refractivity contribution >= 4 is 17.4 Å². The van der Waals surface area contributed by atoms with E-state index in [1.54, 1.807) is 60.6 Å². The van der Waals surface area contributed by atoms with Crippen molar-refractivity contribution in [2.45, 2.75) is 34.1 Å². The fourth-order valence-electron chi connectivity index (χ4n) is 3.90. The molecule has 0 radical (unpaired) electrons. The Bertz CT molecular complexity index is 1420. The highest BCUT2D eigenvalue weighted by Crippen LogP contribution is 2.26. The maximum atomic E-state index is 13.4. The number of H-pyrrole nitrogens is 1. The molecule has 0 aliphatic carbocycles. The number of carbonyl (C=O) groups is 1. The average molecular weight is 464 g/mol. The molecule has 0 bridgehead atoms. The number of hydrogen-bond acceptors (Lipinski definition) is 6. The van der Waals surface area contributed by atoms with Crippen molar-refractivity contribution < 1.29 is 13.9 Å². The van der Waals surface area contributed by atoms with Gasteiger partial charge in [-0.2, -0.15) is 5.10 Å². The smallest absolute Gasteiger partial charge is 0.341 e. The quantitative estimate of drug-likeness (QED) is 0.430. The predicted molar refractivity (Wildman–Crippen MR) is 127 cm³/mol. The number of esters is 1. The van der Waals surface area contributed by atoms with E-state index in [-0.39, 0.29) is 18.2 Å². The van der Waals surface area contributed by atoms with Crippen LogP contribution in [0.5, 0.6) is 0 Å². The number of halogens is 1. The summed E-state index contributed by atoms with van der Waals surface area (Å²) >= 11 is 0. The van der Waals surface area contributed by atoms with Gasteiger partial charge in [-0.25, -0.2) is 28.4 Å². The number of rotatable bonds is 5. The summed E-state index contributed by atoms with van der Waals surface area (Å²) in [7, 11) is 0. The molecule has 3 aromatic heterocycles. The highest BCUT2D eigenvalue weighted by molar-refractivity contribution is 5.92. The van der Waals surface area contributed by atoms with E-state index in [1.165, 1.54) is 12.1 Å². The maximum Gasteiger partial charge on any atom is 0.341 e. The Labute approximate surface area is 195 Å². The molecule has 0 saturated carbocycles. The molecule has 3 N–H and O–H groups in total. The van der Waals surface area contributed by atoms with Crippen LogP contribution in [0.2, 0.25) is 0 Å². The van der Waals surface area contributed by atoms with E-state index in [0.29, 0.717) is 34.8 Å². The monoisotopic (exact) mass is 463 g/mol. The van der Waals surface area contributed by atoms with Crippen LogP contribution in [-0.4, -0.2) is 41.9 Å². The third-order valence-electron chi connectivity index (χ3n) is 5.44. The molecule has 176 valence electrons. The number of fused-ring (bicyclic) bond motifs is 1. The van der Waals surface area contributed by atoms with Gasteiger partial charge in [-0.1, -0.05) is 6.92 Å². The lowest BCUT2D eigenvalue weighted by molar-refractivity contribution is 0.0524. The van der Waals surface area contributed by atoms with Crippen LogP contribution in [0.1, 0.15) is 41.2 Å². The Balaban J connectivity index is 1.88. The highest BCUT2D eigenvalue weighted by Gasteiger charge is 2.21. The summed E-state index contributed by atoms with van der Waals surface area (Å²) in [6.07, 6.45) is 3.98. The molecule has 0 unspecified atom stereocenters. The molecule has 0 aliphatic rings. The van der Waals surface area contributed by atoms with Gasteiger partial charge >= 0.3 is 5.97 Å². The summed E-state index contributed by atoms with van der Waals surface area (Å²) in [5.74, 6) is -0.127. The molecular weight excluding hydrogens is 437 g/mol. The van der Waals surface area contributed by atoms with Gasteiger partial charge in [0.2, 0.25) is 0 Å². The number of aromatic nitrogens is 6. The summed E-state index contributed by atoms with van der Waals surface area (Å²) < 4.78 is 21.8. The second-order valence-corrected chi connectivity index (χ2v) is 7.66. The number of aromatic amines is 1. The van der Waals surface area contributed by atoms with Crippen molar-refractivity contribution in [3.63, 3.8) is 0 Å². The van der Waals surface area contributed by atoms with Crippen molar-refractivity contribution in [3.8, 4) is 17.1 Å². The van der Waals surface area contributed by atoms with Gasteiger partial charge in [-0.3, -0.25) is 5.10 Å². The van der Waals surface area contributed by atoms with Gasteiger partial charge in [-0.15, -0.1) is 0 Å². The molecular formula is C24H26FN7O2. The van der Waals surface area contributed by atoms with Crippen molar-refractivity contribution in [2.75, 3.05) is 12.3 Å². The largest absolute Gasteiger partial charge is 0.462 e. The average Bonchev–Trinajstić information content (AvgIpc) is 3.31. The zero-order valence-corrected chi connectivity index (χ0v) is 19.5. The Morgan fingerprint density at radius 3 is 2.62 bits per heavy atom. The molecule has 4 rings (SSSR count). The van der Waals surface area contributed by atoms with Crippen LogP contribution < -0.4 is 5.73 Å². The molecule has 10 heteroatoms. The number of ether oxygens (including phenoxy) is 1. The Morgan fingerprint density at radius 2 is 1.94 bits per heavy atom. The standard InChI is InChI=1S/C24H26FN7O2/c1-5-18-22(16-7-9-17(25)10-8-16)30-31-12-11-27-20(13-19(26)28-23(18)31)32-15(4)21(14(3)29-32)24(33)34-6-2/h7-13,30H,5-6,26H2,1-4H3. The molecule has 0 spiro atoms. The number of nitrogen functional groups attached to an aromatic ring is 1. The zero-order chi connectivity index (χ0) is 24.4. The molecule has 0 saturated heterocycles. The van der Waals surface area contributed by atoms with Crippen LogP contribution in [0.4, 0.5) is 10.2 Å². The number of nitrogens with zero attached hydrogens (tertiary/aromatic N) is 5. The van der Waals surface area contributed by atoms with Gasteiger partial charge in [0.15, 0.2) is 11.5 Å². The van der Waals surface area contributed by atoms with E-state index in [9.17, 15) is 9.18 Å². The summed E-state index contributed by atoms with van der Waals surface area (Å²) in [5.41, 5.74) is 11.0. The van der Waals surface area contributed by atoms with Crippen LogP contribution in [0.25, 0.3) is 22.7 Å². The van der Waals surface area contributed by atoms with E-state index >= 15 is 0 Å². The highest BCUT2D eigenvalue weighted by atomic mass is 19.1. The number of aryl methyl sites for hydroxylation is 2. The summed E-state index contributed by atoms with van der Waals surface area (Å²) in [5, 5.41) is 7.76. The topological polar surface area (TPSA) is 116 Å². The van der Waals surface area contributed by atoms with Crippen LogP contribution in [0, 0.1) is 19.7 Å².